The number of nitrogen functional groups attached to an aromatic ring is 1. The summed E-state index contributed by atoms with van der Waals surface area (Å²) in [5.41, 5.74) is 7.43. The number of aliphatic hydroxyl groups is 1. The fourth-order valence-electron chi connectivity index (χ4n) is 2.04. The highest BCUT2D eigenvalue weighted by molar-refractivity contribution is 5.42. The van der Waals surface area contributed by atoms with E-state index in [-0.39, 0.29) is 6.10 Å². The molecular weight excluding hydrogens is 218 g/mol. The summed E-state index contributed by atoms with van der Waals surface area (Å²) in [5.74, 6) is 0.375. The molecule has 0 aromatic carbocycles. The number of nitrogens with two attached hydrogens (primary N) is 1. The van der Waals surface area contributed by atoms with Crippen LogP contribution in [0.5, 0.6) is 0 Å². The van der Waals surface area contributed by atoms with E-state index in [1.165, 1.54) is 0 Å². The monoisotopic (exact) mass is 237 g/mol. The largest absolute Gasteiger partial charge is 0.385 e. The minimum Gasteiger partial charge on any atom is -0.385 e. The van der Waals surface area contributed by atoms with Gasteiger partial charge in [-0.15, -0.1) is 0 Å². The van der Waals surface area contributed by atoms with E-state index in [0.717, 1.165) is 12.1 Å². The second kappa shape index (κ2) is 5.00. The van der Waals surface area contributed by atoms with Crippen molar-refractivity contribution in [1.82, 2.24) is 9.88 Å². The summed E-state index contributed by atoms with van der Waals surface area (Å²) in [4.78, 5) is 6.20. The normalized spacial score (nSPS) is 23.6. The first-order valence-electron chi connectivity index (χ1n) is 5.78. The number of aromatic nitrogens is 1. The summed E-state index contributed by atoms with van der Waals surface area (Å²) >= 11 is 0. The fourth-order valence-corrected chi connectivity index (χ4v) is 2.04. The van der Waals surface area contributed by atoms with Gasteiger partial charge in [0.25, 0.3) is 0 Å². The minimum atomic E-state index is -0.717. The van der Waals surface area contributed by atoms with E-state index in [1.54, 1.807) is 6.20 Å². The van der Waals surface area contributed by atoms with Gasteiger partial charge in [0, 0.05) is 24.8 Å². The van der Waals surface area contributed by atoms with Gasteiger partial charge in [-0.2, -0.15) is 0 Å². The third kappa shape index (κ3) is 2.74. The van der Waals surface area contributed by atoms with Crippen LogP contribution >= 0.6 is 0 Å². The van der Waals surface area contributed by atoms with E-state index in [0.29, 0.717) is 24.5 Å². The van der Waals surface area contributed by atoms with Crippen LogP contribution in [0.15, 0.2) is 12.3 Å². The molecule has 1 fully saturated rings. The molecule has 1 aromatic rings. The molecule has 5 heteroatoms. The Morgan fingerprint density at radius 1 is 1.65 bits per heavy atom. The first-order valence-corrected chi connectivity index (χ1v) is 5.78. The summed E-state index contributed by atoms with van der Waals surface area (Å²) in [5, 5.41) is 10.3. The molecule has 1 aliphatic rings. The van der Waals surface area contributed by atoms with E-state index >= 15 is 0 Å². The SMILES string of the molecule is Cc1cnc(N)c(C(O)C2CN(C)CCO2)c1. The van der Waals surface area contributed by atoms with Gasteiger partial charge in [-0.25, -0.2) is 4.98 Å². The number of aliphatic hydroxyl groups excluding tert-OH is 1. The first-order chi connectivity index (χ1) is 8.08. The van der Waals surface area contributed by atoms with Gasteiger partial charge in [-0.3, -0.25) is 0 Å². The lowest BCUT2D eigenvalue weighted by Crippen LogP contribution is -2.43. The zero-order valence-corrected chi connectivity index (χ0v) is 10.3. The van der Waals surface area contributed by atoms with Crippen molar-refractivity contribution in [2.24, 2.45) is 0 Å². The number of morpholine rings is 1. The van der Waals surface area contributed by atoms with Crippen LogP contribution in [0.3, 0.4) is 0 Å². The van der Waals surface area contributed by atoms with Crippen LogP contribution in [-0.2, 0) is 4.74 Å². The zero-order valence-electron chi connectivity index (χ0n) is 10.3. The van der Waals surface area contributed by atoms with Crippen LogP contribution in [0.2, 0.25) is 0 Å². The summed E-state index contributed by atoms with van der Waals surface area (Å²) < 4.78 is 5.58. The van der Waals surface area contributed by atoms with E-state index in [9.17, 15) is 5.11 Å². The van der Waals surface area contributed by atoms with Crippen LogP contribution in [0.25, 0.3) is 0 Å². The lowest BCUT2D eigenvalue weighted by atomic mass is 10.0. The molecule has 1 aliphatic heterocycles. The lowest BCUT2D eigenvalue weighted by molar-refractivity contribution is -0.0843. The maximum Gasteiger partial charge on any atom is 0.129 e. The predicted octanol–water partition coefficient (Wildman–Crippen LogP) is 0.336. The highest BCUT2D eigenvalue weighted by atomic mass is 16.5. The quantitative estimate of drug-likeness (QED) is 0.776. The molecule has 1 aromatic heterocycles. The van der Waals surface area contributed by atoms with E-state index in [1.807, 2.05) is 20.0 Å². The number of likely N-dealkylation sites (N-methyl/N-ethyl adjacent to an activating group) is 1. The molecule has 0 amide bonds. The molecule has 17 heavy (non-hydrogen) atoms. The molecule has 0 radical (unpaired) electrons. The fraction of sp³-hybridized carbons (Fsp3) is 0.583. The van der Waals surface area contributed by atoms with Crippen LogP contribution in [-0.4, -0.2) is 47.8 Å². The van der Waals surface area contributed by atoms with Gasteiger partial charge in [0.15, 0.2) is 0 Å². The molecule has 0 bridgehead atoms. The number of ether oxygens (including phenoxy) is 1. The van der Waals surface area contributed by atoms with E-state index in [4.69, 9.17) is 10.5 Å². The van der Waals surface area contributed by atoms with Crippen LogP contribution < -0.4 is 5.73 Å². The third-order valence-electron chi connectivity index (χ3n) is 3.05. The predicted molar refractivity (Wildman–Crippen MR) is 65.6 cm³/mol. The van der Waals surface area contributed by atoms with Crippen molar-refractivity contribution in [1.29, 1.82) is 0 Å². The maximum absolute atomic E-state index is 10.3. The Hall–Kier alpha value is -1.17. The van der Waals surface area contributed by atoms with Gasteiger partial charge in [0.05, 0.1) is 6.61 Å². The Morgan fingerprint density at radius 2 is 2.41 bits per heavy atom. The number of pyridine rings is 1. The Balaban J connectivity index is 2.18. The molecule has 3 N–H and O–H groups in total. The standard InChI is InChI=1S/C12H19N3O2/c1-8-5-9(12(13)14-6-8)11(16)10-7-15(2)3-4-17-10/h5-6,10-11,16H,3-4,7H2,1-2H3,(H2,13,14). The summed E-state index contributed by atoms with van der Waals surface area (Å²) in [7, 11) is 2.01. The number of aryl methyl sites for hydroxylation is 1. The molecule has 0 spiro atoms. The van der Waals surface area contributed by atoms with E-state index < -0.39 is 6.10 Å². The summed E-state index contributed by atoms with van der Waals surface area (Å²) in [6.45, 7) is 4.16. The Kier molecular flexibility index (Phi) is 3.61. The van der Waals surface area contributed by atoms with Crippen molar-refractivity contribution in [3.8, 4) is 0 Å². The minimum absolute atomic E-state index is 0.236. The second-order valence-corrected chi connectivity index (χ2v) is 4.60. The molecule has 2 unspecified atom stereocenters. The van der Waals surface area contributed by atoms with Crippen molar-refractivity contribution < 1.29 is 9.84 Å². The number of anilines is 1. The molecule has 0 aliphatic carbocycles. The van der Waals surface area contributed by atoms with Gasteiger partial charge >= 0.3 is 0 Å². The maximum atomic E-state index is 10.3. The molecule has 2 rings (SSSR count). The van der Waals surface area contributed by atoms with Gasteiger partial charge in [-0.05, 0) is 25.6 Å². The Labute approximate surface area is 101 Å². The van der Waals surface area contributed by atoms with Crippen molar-refractivity contribution in [3.63, 3.8) is 0 Å². The molecule has 0 saturated carbocycles. The number of nitrogens with zero attached hydrogens (tertiary/aromatic N) is 2. The third-order valence-corrected chi connectivity index (χ3v) is 3.05. The first kappa shape index (κ1) is 12.3. The Morgan fingerprint density at radius 3 is 3.12 bits per heavy atom. The molecule has 5 nitrogen and oxygen atoms in total. The van der Waals surface area contributed by atoms with Gasteiger partial charge < -0.3 is 20.5 Å². The molecule has 1 saturated heterocycles. The molecule has 2 atom stereocenters. The van der Waals surface area contributed by atoms with Crippen molar-refractivity contribution in [2.75, 3.05) is 32.5 Å². The van der Waals surface area contributed by atoms with Crippen molar-refractivity contribution >= 4 is 5.82 Å². The number of hydrogen-bond donors (Lipinski definition) is 2. The molecule has 2 heterocycles. The smallest absolute Gasteiger partial charge is 0.129 e. The van der Waals surface area contributed by atoms with Gasteiger partial charge in [0.1, 0.15) is 18.0 Å². The molecular formula is C12H19N3O2. The highest BCUT2D eigenvalue weighted by Gasteiger charge is 2.28. The molecule has 94 valence electrons. The van der Waals surface area contributed by atoms with Crippen LogP contribution in [0.4, 0.5) is 5.82 Å². The zero-order chi connectivity index (χ0) is 12.4. The summed E-state index contributed by atoms with van der Waals surface area (Å²) in [6, 6.07) is 1.87. The average molecular weight is 237 g/mol. The van der Waals surface area contributed by atoms with Crippen LogP contribution in [0, 0.1) is 6.92 Å². The lowest BCUT2D eigenvalue weighted by Gasteiger charge is -2.33. The topological polar surface area (TPSA) is 71.6 Å². The van der Waals surface area contributed by atoms with Crippen molar-refractivity contribution in [2.45, 2.75) is 19.1 Å². The average Bonchev–Trinajstić information content (AvgIpc) is 2.31. The number of rotatable bonds is 2. The summed E-state index contributed by atoms with van der Waals surface area (Å²) in [6.07, 6.45) is 0.740. The highest BCUT2D eigenvalue weighted by Crippen LogP contribution is 2.25. The van der Waals surface area contributed by atoms with Crippen molar-refractivity contribution in [3.05, 3.63) is 23.4 Å². The van der Waals surface area contributed by atoms with Gasteiger partial charge in [0.2, 0.25) is 0 Å². The second-order valence-electron chi connectivity index (χ2n) is 4.60. The Bertz CT molecular complexity index is 397. The van der Waals surface area contributed by atoms with Gasteiger partial charge in [-0.1, -0.05) is 0 Å². The van der Waals surface area contributed by atoms with Crippen LogP contribution in [0.1, 0.15) is 17.2 Å². The van der Waals surface area contributed by atoms with E-state index in [2.05, 4.69) is 9.88 Å². The number of hydrogen-bond acceptors (Lipinski definition) is 5.